The van der Waals surface area contributed by atoms with Crippen LogP contribution in [0.15, 0.2) is 35.1 Å². The number of carboxylic acids is 1. The molecule has 8 nitrogen and oxygen atoms in total. The molecule has 0 bridgehead atoms. The number of amides is 1. The summed E-state index contributed by atoms with van der Waals surface area (Å²) < 4.78 is 6.62. The predicted molar refractivity (Wildman–Crippen MR) is 79.5 cm³/mol. The number of rotatable bonds is 4. The number of carbonyl (C=O) groups excluding carboxylic acids is 1. The summed E-state index contributed by atoms with van der Waals surface area (Å²) in [7, 11) is 0. The topological polar surface area (TPSA) is 111 Å². The van der Waals surface area contributed by atoms with Gasteiger partial charge in [-0.15, -0.1) is 0 Å². The Morgan fingerprint density at radius 2 is 2.04 bits per heavy atom. The molecule has 2 N–H and O–H groups in total. The third kappa shape index (κ3) is 2.91. The summed E-state index contributed by atoms with van der Waals surface area (Å²) in [5, 5.41) is 11.6. The molecule has 0 saturated carbocycles. The number of nitrogens with one attached hydrogen (secondary N) is 1. The van der Waals surface area contributed by atoms with Crippen molar-refractivity contribution in [3.63, 3.8) is 0 Å². The first kappa shape index (κ1) is 14.8. The monoisotopic (exact) mass is 315 g/mol. The van der Waals surface area contributed by atoms with Crippen LogP contribution in [0, 0.1) is 0 Å². The Labute approximate surface area is 130 Å². The minimum atomic E-state index is -1.40. The van der Waals surface area contributed by atoms with Crippen LogP contribution in [0.25, 0.3) is 0 Å². The number of carboxylic acid groups (broad SMARTS) is 1. The van der Waals surface area contributed by atoms with Gasteiger partial charge in [0.2, 0.25) is 17.6 Å². The maximum absolute atomic E-state index is 12.5. The fourth-order valence-electron chi connectivity index (χ4n) is 2.25. The first-order valence-corrected chi connectivity index (χ1v) is 6.91. The highest BCUT2D eigenvalue weighted by molar-refractivity contribution is 5.92. The summed E-state index contributed by atoms with van der Waals surface area (Å²) in [4.78, 5) is 39.0. The molecule has 23 heavy (non-hydrogen) atoms. The van der Waals surface area contributed by atoms with Gasteiger partial charge < -0.3 is 9.84 Å². The van der Waals surface area contributed by atoms with Crippen molar-refractivity contribution in [3.05, 3.63) is 51.9 Å². The highest BCUT2D eigenvalue weighted by Gasteiger charge is 2.26. The number of benzene rings is 1. The highest BCUT2D eigenvalue weighted by atomic mass is 16.5. The van der Waals surface area contributed by atoms with E-state index >= 15 is 0 Å². The molecular weight excluding hydrogens is 302 g/mol. The molecule has 0 fully saturated rings. The van der Waals surface area contributed by atoms with Crippen molar-refractivity contribution in [1.29, 1.82) is 0 Å². The van der Waals surface area contributed by atoms with Gasteiger partial charge in [-0.05, 0) is 5.56 Å². The van der Waals surface area contributed by atoms with Crippen LogP contribution in [0.4, 0.5) is 5.95 Å². The Bertz CT molecular complexity index is 829. The van der Waals surface area contributed by atoms with E-state index in [1.165, 1.54) is 4.57 Å². The molecular formula is C15H13N3O5. The smallest absolute Gasteiger partial charge is 0.358 e. The maximum atomic E-state index is 12.5. The summed E-state index contributed by atoms with van der Waals surface area (Å²) in [6.45, 7) is 0.179. The van der Waals surface area contributed by atoms with Crippen molar-refractivity contribution in [2.75, 3.05) is 5.32 Å². The van der Waals surface area contributed by atoms with Gasteiger partial charge in [0.1, 0.15) is 6.61 Å². The Balaban J connectivity index is 2.00. The van der Waals surface area contributed by atoms with Crippen molar-refractivity contribution in [2.45, 2.75) is 19.6 Å². The van der Waals surface area contributed by atoms with E-state index in [-0.39, 0.29) is 37.2 Å². The second-order valence-electron chi connectivity index (χ2n) is 4.95. The first-order valence-electron chi connectivity index (χ1n) is 6.91. The van der Waals surface area contributed by atoms with E-state index < -0.39 is 17.2 Å². The standard InChI is InChI=1S/C15H13N3O5/c19-10-6-7-18-13(20)12(11(14(21)22)17-15(18)16-10)23-8-9-4-2-1-3-5-9/h1-5H,6-8H2,(H,21,22)(H,16,17,19). The van der Waals surface area contributed by atoms with Crippen molar-refractivity contribution in [3.8, 4) is 5.75 Å². The van der Waals surface area contributed by atoms with E-state index in [0.717, 1.165) is 5.56 Å². The second-order valence-corrected chi connectivity index (χ2v) is 4.95. The quantitative estimate of drug-likeness (QED) is 0.866. The van der Waals surface area contributed by atoms with Gasteiger partial charge in [0.15, 0.2) is 5.69 Å². The van der Waals surface area contributed by atoms with E-state index in [1.54, 1.807) is 12.1 Å². The van der Waals surface area contributed by atoms with Crippen LogP contribution >= 0.6 is 0 Å². The molecule has 0 spiro atoms. The molecule has 0 radical (unpaired) electrons. The fourth-order valence-corrected chi connectivity index (χ4v) is 2.25. The molecule has 1 aromatic heterocycles. The fraction of sp³-hybridized carbons (Fsp3) is 0.200. The Kier molecular flexibility index (Phi) is 3.80. The van der Waals surface area contributed by atoms with E-state index in [1.807, 2.05) is 18.2 Å². The average Bonchev–Trinajstić information content (AvgIpc) is 2.54. The summed E-state index contributed by atoms with van der Waals surface area (Å²) in [5.74, 6) is -2.11. The van der Waals surface area contributed by atoms with E-state index in [4.69, 9.17) is 4.74 Å². The number of nitrogens with zero attached hydrogens (tertiary/aromatic N) is 2. The zero-order valence-corrected chi connectivity index (χ0v) is 12.0. The van der Waals surface area contributed by atoms with E-state index in [9.17, 15) is 19.5 Å². The van der Waals surface area contributed by atoms with Gasteiger partial charge in [0.25, 0.3) is 5.56 Å². The van der Waals surface area contributed by atoms with Gasteiger partial charge in [0, 0.05) is 13.0 Å². The summed E-state index contributed by atoms with van der Waals surface area (Å²) in [6, 6.07) is 9.05. The molecule has 1 amide bonds. The largest absolute Gasteiger partial charge is 0.481 e. The lowest BCUT2D eigenvalue weighted by Crippen LogP contribution is -2.35. The van der Waals surface area contributed by atoms with Crippen LogP contribution in [0.5, 0.6) is 5.75 Å². The lowest BCUT2D eigenvalue weighted by atomic mass is 10.2. The van der Waals surface area contributed by atoms with Gasteiger partial charge in [-0.2, -0.15) is 0 Å². The first-order chi connectivity index (χ1) is 11.1. The zero-order chi connectivity index (χ0) is 16.4. The summed E-state index contributed by atoms with van der Waals surface area (Å²) in [6.07, 6.45) is 0.124. The van der Waals surface area contributed by atoms with Crippen LogP contribution in [0.3, 0.4) is 0 Å². The lowest BCUT2D eigenvalue weighted by Gasteiger charge is -2.19. The number of fused-ring (bicyclic) bond motifs is 1. The molecule has 1 aromatic carbocycles. The third-order valence-corrected chi connectivity index (χ3v) is 3.37. The Morgan fingerprint density at radius 1 is 1.30 bits per heavy atom. The number of hydrogen-bond acceptors (Lipinski definition) is 5. The van der Waals surface area contributed by atoms with Crippen LogP contribution < -0.4 is 15.6 Å². The van der Waals surface area contributed by atoms with Crippen molar-refractivity contribution < 1.29 is 19.4 Å². The summed E-state index contributed by atoms with van der Waals surface area (Å²) in [5.41, 5.74) is -0.345. The maximum Gasteiger partial charge on any atom is 0.358 e. The zero-order valence-electron chi connectivity index (χ0n) is 12.0. The normalized spacial score (nSPS) is 13.1. The van der Waals surface area contributed by atoms with Crippen LogP contribution in [-0.2, 0) is 17.9 Å². The average molecular weight is 315 g/mol. The van der Waals surface area contributed by atoms with Crippen molar-refractivity contribution in [1.82, 2.24) is 9.55 Å². The van der Waals surface area contributed by atoms with Crippen LogP contribution in [0.1, 0.15) is 22.5 Å². The van der Waals surface area contributed by atoms with E-state index in [0.29, 0.717) is 0 Å². The molecule has 1 aliphatic heterocycles. The predicted octanol–water partition coefficient (Wildman–Crippen LogP) is 0.863. The second kappa shape index (κ2) is 5.91. The number of aromatic nitrogens is 2. The molecule has 3 rings (SSSR count). The van der Waals surface area contributed by atoms with Gasteiger partial charge in [-0.25, -0.2) is 9.78 Å². The molecule has 1 aliphatic rings. The number of hydrogen-bond donors (Lipinski definition) is 2. The van der Waals surface area contributed by atoms with Gasteiger partial charge in [-0.1, -0.05) is 30.3 Å². The number of anilines is 1. The van der Waals surface area contributed by atoms with E-state index in [2.05, 4.69) is 10.3 Å². The van der Waals surface area contributed by atoms with Crippen molar-refractivity contribution in [2.24, 2.45) is 0 Å². The molecule has 0 unspecified atom stereocenters. The molecule has 2 aromatic rings. The molecule has 118 valence electrons. The summed E-state index contributed by atoms with van der Waals surface area (Å²) >= 11 is 0. The van der Waals surface area contributed by atoms with Crippen LogP contribution in [0.2, 0.25) is 0 Å². The molecule has 2 heterocycles. The molecule has 0 atom stereocenters. The number of carbonyl (C=O) groups is 2. The van der Waals surface area contributed by atoms with Gasteiger partial charge in [-0.3, -0.25) is 19.5 Å². The SMILES string of the molecule is O=C1CCn2c(nc(C(=O)O)c(OCc3ccccc3)c2=O)N1. The molecule has 0 saturated heterocycles. The molecule has 0 aliphatic carbocycles. The number of aromatic carboxylic acids is 1. The minimum Gasteiger partial charge on any atom is -0.481 e. The Morgan fingerprint density at radius 3 is 2.74 bits per heavy atom. The minimum absolute atomic E-state index is 0.0454. The van der Waals surface area contributed by atoms with Crippen molar-refractivity contribution >= 4 is 17.8 Å². The third-order valence-electron chi connectivity index (χ3n) is 3.37. The highest BCUT2D eigenvalue weighted by Crippen LogP contribution is 2.18. The van der Waals surface area contributed by atoms with Gasteiger partial charge >= 0.3 is 5.97 Å². The molecule has 8 heteroatoms. The van der Waals surface area contributed by atoms with Crippen LogP contribution in [-0.4, -0.2) is 26.5 Å². The number of ether oxygens (including phenoxy) is 1. The Hall–Kier alpha value is -3.16. The lowest BCUT2D eigenvalue weighted by molar-refractivity contribution is -0.116. The van der Waals surface area contributed by atoms with Gasteiger partial charge in [0.05, 0.1) is 0 Å².